The molecule has 0 radical (unpaired) electrons. The smallest absolute Gasteiger partial charge is 0.251 e. The van der Waals surface area contributed by atoms with Gasteiger partial charge in [-0.15, -0.1) is 0 Å². The first-order chi connectivity index (χ1) is 14.3. The predicted octanol–water partition coefficient (Wildman–Crippen LogP) is 6.38. The Bertz CT molecular complexity index is 1060. The number of unbranched alkanes of at least 4 members (excludes halogenated alkanes) is 2. The SMILES string of the molecule is CCCCCc1c(-c2ccc(Br)cc2)c(C(N)=O)c(C)n1Cc1ccc(F)c(F)c1. The lowest BCUT2D eigenvalue weighted by atomic mass is 9.97. The second-order valence-electron chi connectivity index (χ2n) is 7.44. The molecule has 0 unspecified atom stereocenters. The summed E-state index contributed by atoms with van der Waals surface area (Å²) in [7, 11) is 0. The summed E-state index contributed by atoms with van der Waals surface area (Å²) >= 11 is 3.45. The Morgan fingerprint density at radius 1 is 1.07 bits per heavy atom. The van der Waals surface area contributed by atoms with Gasteiger partial charge < -0.3 is 10.3 Å². The van der Waals surface area contributed by atoms with E-state index in [2.05, 4.69) is 22.9 Å². The molecule has 158 valence electrons. The first kappa shape index (κ1) is 22.2. The highest BCUT2D eigenvalue weighted by Crippen LogP contribution is 2.35. The lowest BCUT2D eigenvalue weighted by Gasteiger charge is -2.14. The van der Waals surface area contributed by atoms with Crippen molar-refractivity contribution in [3.8, 4) is 11.1 Å². The second kappa shape index (κ2) is 9.56. The third-order valence-corrected chi connectivity index (χ3v) is 5.88. The summed E-state index contributed by atoms with van der Waals surface area (Å²) in [6.07, 6.45) is 3.84. The molecule has 30 heavy (non-hydrogen) atoms. The minimum absolute atomic E-state index is 0.335. The Labute approximate surface area is 184 Å². The molecule has 0 saturated heterocycles. The summed E-state index contributed by atoms with van der Waals surface area (Å²) in [5.74, 6) is -2.25. The molecule has 0 aliphatic heterocycles. The van der Waals surface area contributed by atoms with Crippen molar-refractivity contribution >= 4 is 21.8 Å². The van der Waals surface area contributed by atoms with E-state index >= 15 is 0 Å². The van der Waals surface area contributed by atoms with Crippen LogP contribution in [0.15, 0.2) is 46.9 Å². The Morgan fingerprint density at radius 3 is 2.37 bits per heavy atom. The number of rotatable bonds is 8. The molecule has 1 amide bonds. The predicted molar refractivity (Wildman–Crippen MR) is 120 cm³/mol. The molecule has 0 aliphatic carbocycles. The van der Waals surface area contributed by atoms with Crippen LogP contribution in [0.5, 0.6) is 0 Å². The van der Waals surface area contributed by atoms with E-state index in [-0.39, 0.29) is 0 Å². The van der Waals surface area contributed by atoms with Gasteiger partial charge in [-0.05, 0) is 55.2 Å². The summed E-state index contributed by atoms with van der Waals surface area (Å²) in [4.78, 5) is 12.4. The van der Waals surface area contributed by atoms with Crippen LogP contribution in [-0.2, 0) is 13.0 Å². The second-order valence-corrected chi connectivity index (χ2v) is 8.36. The van der Waals surface area contributed by atoms with Crippen LogP contribution in [0.25, 0.3) is 11.1 Å². The fraction of sp³-hybridized carbons (Fsp3) is 0.292. The zero-order valence-electron chi connectivity index (χ0n) is 17.1. The molecular weight excluding hydrogens is 450 g/mol. The van der Waals surface area contributed by atoms with E-state index in [0.717, 1.165) is 58.7 Å². The minimum atomic E-state index is -0.881. The van der Waals surface area contributed by atoms with E-state index in [1.807, 2.05) is 35.8 Å². The van der Waals surface area contributed by atoms with Gasteiger partial charge in [0.05, 0.1) is 5.56 Å². The fourth-order valence-corrected chi connectivity index (χ4v) is 4.13. The average Bonchev–Trinajstić information content (AvgIpc) is 2.98. The molecule has 1 heterocycles. The highest BCUT2D eigenvalue weighted by Gasteiger charge is 2.24. The number of hydrogen-bond acceptors (Lipinski definition) is 1. The number of aromatic nitrogens is 1. The van der Waals surface area contributed by atoms with Crippen molar-refractivity contribution in [2.24, 2.45) is 5.73 Å². The molecule has 6 heteroatoms. The molecule has 0 aliphatic rings. The summed E-state index contributed by atoms with van der Waals surface area (Å²) in [5.41, 5.74) is 10.3. The van der Waals surface area contributed by atoms with Crippen LogP contribution in [0.4, 0.5) is 8.78 Å². The normalized spacial score (nSPS) is 11.1. The van der Waals surface area contributed by atoms with Gasteiger partial charge in [-0.1, -0.05) is 53.9 Å². The zero-order valence-corrected chi connectivity index (χ0v) is 18.7. The number of hydrogen-bond donors (Lipinski definition) is 1. The van der Waals surface area contributed by atoms with Crippen molar-refractivity contribution in [2.75, 3.05) is 0 Å². The van der Waals surface area contributed by atoms with Crippen LogP contribution in [0, 0.1) is 18.6 Å². The number of amides is 1. The molecule has 0 spiro atoms. The van der Waals surface area contributed by atoms with E-state index in [1.54, 1.807) is 6.07 Å². The summed E-state index contributed by atoms with van der Waals surface area (Å²) in [5, 5.41) is 0. The molecular formula is C24H25BrF2N2O. The summed E-state index contributed by atoms with van der Waals surface area (Å²) in [6, 6.07) is 11.7. The molecule has 0 fully saturated rings. The quantitative estimate of drug-likeness (QED) is 0.378. The third kappa shape index (κ3) is 4.64. The highest BCUT2D eigenvalue weighted by atomic mass is 79.9. The van der Waals surface area contributed by atoms with Gasteiger partial charge >= 0.3 is 0 Å². The van der Waals surface area contributed by atoms with Crippen LogP contribution in [-0.4, -0.2) is 10.5 Å². The molecule has 2 N–H and O–H groups in total. The summed E-state index contributed by atoms with van der Waals surface area (Å²) in [6.45, 7) is 4.32. The lowest BCUT2D eigenvalue weighted by Crippen LogP contribution is -2.13. The van der Waals surface area contributed by atoms with Crippen LogP contribution in [0.3, 0.4) is 0 Å². The maximum atomic E-state index is 13.8. The summed E-state index contributed by atoms with van der Waals surface area (Å²) < 4.78 is 30.1. The van der Waals surface area contributed by atoms with Gasteiger partial charge in [-0.2, -0.15) is 0 Å². The number of carbonyl (C=O) groups excluding carboxylic acids is 1. The number of nitrogens with two attached hydrogens (primary N) is 1. The maximum absolute atomic E-state index is 13.8. The van der Waals surface area contributed by atoms with E-state index in [1.165, 1.54) is 6.07 Å². The zero-order chi connectivity index (χ0) is 21.8. The topological polar surface area (TPSA) is 48.0 Å². The van der Waals surface area contributed by atoms with Gasteiger partial charge in [-0.25, -0.2) is 8.78 Å². The molecule has 3 aromatic rings. The van der Waals surface area contributed by atoms with Crippen LogP contribution in [0.2, 0.25) is 0 Å². The van der Waals surface area contributed by atoms with Crippen molar-refractivity contribution in [1.82, 2.24) is 4.57 Å². The number of nitrogens with zero attached hydrogens (tertiary/aromatic N) is 1. The number of halogens is 3. The van der Waals surface area contributed by atoms with Gasteiger partial charge in [-0.3, -0.25) is 4.79 Å². The average molecular weight is 475 g/mol. The van der Waals surface area contributed by atoms with Crippen molar-refractivity contribution in [3.63, 3.8) is 0 Å². The molecule has 3 nitrogen and oxygen atoms in total. The van der Waals surface area contributed by atoms with Gasteiger partial charge in [0.2, 0.25) is 0 Å². The number of benzene rings is 2. The van der Waals surface area contributed by atoms with E-state index < -0.39 is 17.5 Å². The lowest BCUT2D eigenvalue weighted by molar-refractivity contribution is 0.1000. The van der Waals surface area contributed by atoms with Gasteiger partial charge in [0, 0.05) is 28.0 Å². The van der Waals surface area contributed by atoms with Crippen molar-refractivity contribution < 1.29 is 13.6 Å². The molecule has 0 bridgehead atoms. The fourth-order valence-electron chi connectivity index (χ4n) is 3.86. The van der Waals surface area contributed by atoms with E-state index in [4.69, 9.17) is 5.73 Å². The first-order valence-corrected chi connectivity index (χ1v) is 10.8. The van der Waals surface area contributed by atoms with Gasteiger partial charge in [0.15, 0.2) is 11.6 Å². The van der Waals surface area contributed by atoms with Crippen molar-refractivity contribution in [1.29, 1.82) is 0 Å². The largest absolute Gasteiger partial charge is 0.366 e. The Hall–Kier alpha value is -2.47. The number of carbonyl (C=O) groups is 1. The van der Waals surface area contributed by atoms with Crippen LogP contribution in [0.1, 0.15) is 53.5 Å². The minimum Gasteiger partial charge on any atom is -0.366 e. The van der Waals surface area contributed by atoms with Crippen molar-refractivity contribution in [3.05, 3.63) is 81.1 Å². The molecule has 1 aromatic heterocycles. The number of primary amides is 1. The Kier molecular flexibility index (Phi) is 7.08. The van der Waals surface area contributed by atoms with Crippen LogP contribution >= 0.6 is 15.9 Å². The van der Waals surface area contributed by atoms with E-state index in [9.17, 15) is 13.6 Å². The Morgan fingerprint density at radius 2 is 1.77 bits per heavy atom. The molecule has 0 saturated carbocycles. The van der Waals surface area contributed by atoms with Crippen LogP contribution < -0.4 is 5.73 Å². The monoisotopic (exact) mass is 474 g/mol. The molecule has 2 aromatic carbocycles. The van der Waals surface area contributed by atoms with Gasteiger partial charge in [0.25, 0.3) is 5.91 Å². The maximum Gasteiger partial charge on any atom is 0.251 e. The highest BCUT2D eigenvalue weighted by molar-refractivity contribution is 9.10. The standard InChI is InChI=1S/C24H25BrF2N2O/c1-3-4-5-6-21-23(17-8-10-18(25)11-9-17)22(24(28)30)15(2)29(21)14-16-7-12-19(26)20(27)13-16/h7-13H,3-6,14H2,1-2H3,(H2,28,30). The van der Waals surface area contributed by atoms with Crippen molar-refractivity contribution in [2.45, 2.75) is 46.1 Å². The molecule has 3 rings (SSSR count). The Balaban J connectivity index is 2.18. The first-order valence-electron chi connectivity index (χ1n) is 10.0. The third-order valence-electron chi connectivity index (χ3n) is 5.35. The van der Waals surface area contributed by atoms with Gasteiger partial charge in [0.1, 0.15) is 0 Å². The molecule has 0 atom stereocenters. The van der Waals surface area contributed by atoms with E-state index in [0.29, 0.717) is 17.7 Å².